The van der Waals surface area contributed by atoms with Gasteiger partial charge in [-0.2, -0.15) is 0 Å². The van der Waals surface area contributed by atoms with Gasteiger partial charge < -0.3 is 15.3 Å². The lowest BCUT2D eigenvalue weighted by Crippen LogP contribution is -2.40. The van der Waals surface area contributed by atoms with Crippen molar-refractivity contribution < 1.29 is 14.7 Å². The number of carboxylic acid groups (broad SMARTS) is 1. The van der Waals surface area contributed by atoms with Gasteiger partial charge in [0.2, 0.25) is 0 Å². The molecule has 0 spiro atoms. The van der Waals surface area contributed by atoms with Crippen molar-refractivity contribution in [3.8, 4) is 0 Å². The van der Waals surface area contributed by atoms with Crippen LogP contribution in [0.2, 0.25) is 0 Å². The van der Waals surface area contributed by atoms with Crippen molar-refractivity contribution in [2.45, 2.75) is 71.4 Å². The van der Waals surface area contributed by atoms with Crippen LogP contribution in [-0.2, 0) is 10.2 Å². The Hall–Kier alpha value is -2.81. The van der Waals surface area contributed by atoms with Crippen LogP contribution in [-0.4, -0.2) is 45.1 Å². The number of nitrogens with zero attached hydrogens (tertiary/aromatic N) is 3. The summed E-state index contributed by atoms with van der Waals surface area (Å²) in [6.07, 6.45) is 2.77. The van der Waals surface area contributed by atoms with E-state index in [-0.39, 0.29) is 34.5 Å². The Morgan fingerprint density at radius 1 is 1.34 bits per heavy atom. The van der Waals surface area contributed by atoms with Gasteiger partial charge in [-0.25, -0.2) is 14.8 Å². The number of rotatable bonds is 2. The second kappa shape index (κ2) is 10.0. The first-order valence-corrected chi connectivity index (χ1v) is 12.7. The van der Waals surface area contributed by atoms with E-state index in [0.717, 1.165) is 24.1 Å². The Morgan fingerprint density at radius 3 is 2.63 bits per heavy atom. The first kappa shape index (κ1) is 26.8. The van der Waals surface area contributed by atoms with E-state index in [1.165, 1.54) is 6.08 Å². The lowest BCUT2D eigenvalue weighted by atomic mass is 9.84. The van der Waals surface area contributed by atoms with Gasteiger partial charge in [0.1, 0.15) is 22.7 Å². The number of carboxylic acids is 1. The molecule has 9 heteroatoms. The number of carbonyl (C=O) groups is 2. The van der Waals surface area contributed by atoms with E-state index in [2.05, 4.69) is 74.6 Å². The quantitative estimate of drug-likeness (QED) is 0.514. The minimum Gasteiger partial charge on any atom is -0.480 e. The number of fused-ring (bicyclic) bond motifs is 4. The van der Waals surface area contributed by atoms with Crippen molar-refractivity contribution >= 4 is 34.7 Å². The summed E-state index contributed by atoms with van der Waals surface area (Å²) in [6.45, 7) is 21.0. The third-order valence-electron chi connectivity index (χ3n) is 6.77. The number of aliphatic imine (C=N–C) groups is 1. The highest BCUT2D eigenvalue weighted by Gasteiger charge is 2.43. The van der Waals surface area contributed by atoms with Crippen molar-refractivity contribution in [1.29, 1.82) is 0 Å². The van der Waals surface area contributed by atoms with Crippen molar-refractivity contribution in [2.24, 2.45) is 16.8 Å². The first-order chi connectivity index (χ1) is 16.2. The van der Waals surface area contributed by atoms with Crippen LogP contribution in [0.25, 0.3) is 0 Å². The van der Waals surface area contributed by atoms with E-state index >= 15 is 0 Å². The van der Waals surface area contributed by atoms with Crippen LogP contribution < -0.4 is 14.9 Å². The molecule has 3 heterocycles. The summed E-state index contributed by atoms with van der Waals surface area (Å²) < 4.78 is 2.84. The fourth-order valence-electron chi connectivity index (χ4n) is 4.72. The van der Waals surface area contributed by atoms with E-state index in [1.54, 1.807) is 0 Å². The molecule has 8 nitrogen and oxygen atoms in total. The van der Waals surface area contributed by atoms with Crippen molar-refractivity contribution in [3.05, 3.63) is 48.4 Å². The van der Waals surface area contributed by atoms with E-state index in [9.17, 15) is 14.7 Å². The van der Waals surface area contributed by atoms with Crippen LogP contribution in [0.1, 0.15) is 70.4 Å². The highest BCUT2D eigenvalue weighted by Crippen LogP contribution is 2.42. The molecule has 0 aromatic carbocycles. The second-order valence-electron chi connectivity index (χ2n) is 11.1. The summed E-state index contributed by atoms with van der Waals surface area (Å²) in [5.74, 6) is -0.0390. The smallest absolute Gasteiger partial charge is 0.326 e. The maximum Gasteiger partial charge on any atom is 0.326 e. The summed E-state index contributed by atoms with van der Waals surface area (Å²) in [7, 11) is 0. The van der Waals surface area contributed by atoms with E-state index in [4.69, 9.17) is 4.98 Å². The number of amides is 1. The molecular formula is C26H37N5O3S. The lowest BCUT2D eigenvalue weighted by molar-refractivity contribution is -0.139. The molecule has 1 fully saturated rings. The number of nitrogens with one attached hydrogen (secondary N) is 2. The molecular weight excluding hydrogens is 462 g/mol. The summed E-state index contributed by atoms with van der Waals surface area (Å²) in [4.78, 5) is 36.9. The van der Waals surface area contributed by atoms with Crippen LogP contribution in [0, 0.1) is 11.8 Å². The van der Waals surface area contributed by atoms with Gasteiger partial charge in [-0.15, -0.1) is 0 Å². The van der Waals surface area contributed by atoms with Crippen LogP contribution in [0.3, 0.4) is 0 Å². The molecule has 2 aliphatic rings. The molecule has 0 aliphatic carbocycles. The predicted molar refractivity (Wildman–Crippen MR) is 143 cm³/mol. The molecule has 2 aliphatic heterocycles. The highest BCUT2D eigenvalue weighted by atomic mass is 32.2. The van der Waals surface area contributed by atoms with Gasteiger partial charge in [-0.05, 0) is 56.7 Å². The Labute approximate surface area is 212 Å². The van der Waals surface area contributed by atoms with Crippen LogP contribution >= 0.6 is 11.9 Å². The van der Waals surface area contributed by atoms with E-state index < -0.39 is 12.0 Å². The Morgan fingerprint density at radius 2 is 2.03 bits per heavy atom. The minimum atomic E-state index is -0.949. The maximum atomic E-state index is 13.3. The zero-order chi connectivity index (χ0) is 26.1. The molecule has 3 N–H and O–H groups in total. The molecule has 35 heavy (non-hydrogen) atoms. The van der Waals surface area contributed by atoms with Gasteiger partial charge in [0.05, 0.1) is 5.56 Å². The van der Waals surface area contributed by atoms with Crippen LogP contribution in [0.4, 0.5) is 5.82 Å². The highest BCUT2D eigenvalue weighted by molar-refractivity contribution is 8.13. The third kappa shape index (κ3) is 6.07. The van der Waals surface area contributed by atoms with Gasteiger partial charge in [0, 0.05) is 35.1 Å². The third-order valence-corrected chi connectivity index (χ3v) is 7.53. The molecule has 2 bridgehead atoms. The minimum absolute atomic E-state index is 0.103. The van der Waals surface area contributed by atoms with Crippen LogP contribution in [0.5, 0.6) is 0 Å². The summed E-state index contributed by atoms with van der Waals surface area (Å²) in [6, 6.07) is 2.92. The molecule has 3 unspecified atom stereocenters. The number of hydrogen-bond acceptors (Lipinski definition) is 7. The fraction of sp³-hybridized carbons (Fsp3) is 0.538. The molecule has 1 aromatic rings. The van der Waals surface area contributed by atoms with Gasteiger partial charge >= 0.3 is 5.97 Å². The average Bonchev–Trinajstić information content (AvgIpc) is 3.09. The van der Waals surface area contributed by atoms with Gasteiger partial charge in [0.25, 0.3) is 5.91 Å². The standard InChI is InChI=1S/C26H37N5O3S/c1-9-21-28-16(3)27-19(24(33)34)12-15(2)17-13-26(7,8)31(14-17)22-18(23(32)30-35-21)10-11-20(29-22)25(4,5)6/h9-11,15,17,19,27H,1,3,12-14H2,2,4-8H3,(H,30,32)(H,33,34)/b28-21+. The predicted octanol–water partition coefficient (Wildman–Crippen LogP) is 4.50. The molecule has 3 rings (SSSR count). The Bertz CT molecular complexity index is 1060. The molecule has 1 amide bonds. The number of hydrogen-bond donors (Lipinski definition) is 3. The van der Waals surface area contributed by atoms with Gasteiger partial charge in [0.15, 0.2) is 0 Å². The zero-order valence-corrected chi connectivity index (χ0v) is 22.3. The number of aliphatic carboxylic acids is 1. The summed E-state index contributed by atoms with van der Waals surface area (Å²) >= 11 is 1.01. The molecule has 0 radical (unpaired) electrons. The maximum absolute atomic E-state index is 13.3. The second-order valence-corrected chi connectivity index (χ2v) is 11.9. The normalized spacial score (nSPS) is 26.9. The zero-order valence-electron chi connectivity index (χ0n) is 21.5. The molecule has 0 saturated carbocycles. The van der Waals surface area contributed by atoms with Gasteiger partial charge in [-0.3, -0.25) is 9.52 Å². The van der Waals surface area contributed by atoms with Crippen molar-refractivity contribution in [1.82, 2.24) is 15.0 Å². The SMILES string of the molecule is C=C/C1=N\C(=C)NC(C(=O)O)CC(C)C2CN(c3nc(C(C)(C)C)ccc3C(=O)NS1)C(C)(C)C2. The monoisotopic (exact) mass is 499 g/mol. The topological polar surface area (TPSA) is 107 Å². The fourth-order valence-corrected chi connectivity index (χ4v) is 5.26. The van der Waals surface area contributed by atoms with E-state index in [0.29, 0.717) is 29.4 Å². The Balaban J connectivity index is 2.12. The number of anilines is 1. The van der Waals surface area contributed by atoms with Gasteiger partial charge in [-0.1, -0.05) is 40.9 Å². The Kier molecular flexibility index (Phi) is 7.69. The molecule has 1 aromatic heterocycles. The first-order valence-electron chi connectivity index (χ1n) is 11.9. The molecule has 190 valence electrons. The summed E-state index contributed by atoms with van der Waals surface area (Å²) in [5.41, 5.74) is 0.953. The molecule has 3 atom stereocenters. The number of pyridine rings is 1. The van der Waals surface area contributed by atoms with Crippen molar-refractivity contribution in [3.63, 3.8) is 0 Å². The summed E-state index contributed by atoms with van der Waals surface area (Å²) in [5, 5.41) is 13.2. The van der Waals surface area contributed by atoms with Crippen LogP contribution in [0.15, 0.2) is 42.2 Å². The molecule has 1 saturated heterocycles. The largest absolute Gasteiger partial charge is 0.480 e. The van der Waals surface area contributed by atoms with E-state index in [1.807, 2.05) is 12.1 Å². The number of aromatic nitrogens is 1. The average molecular weight is 500 g/mol. The lowest BCUT2D eigenvalue weighted by Gasteiger charge is -2.34. The number of carbonyl (C=O) groups excluding carboxylic acids is 1. The van der Waals surface area contributed by atoms with Crippen molar-refractivity contribution in [2.75, 3.05) is 11.4 Å².